The fraction of sp³-hybridized carbons (Fsp3) is 0.235. The van der Waals surface area contributed by atoms with Gasteiger partial charge in [-0.25, -0.2) is 17.9 Å². The predicted octanol–water partition coefficient (Wildman–Crippen LogP) is 3.01. The Morgan fingerprint density at radius 3 is 2.32 bits per heavy atom. The van der Waals surface area contributed by atoms with Crippen molar-refractivity contribution in [3.8, 4) is 11.5 Å². The van der Waals surface area contributed by atoms with Crippen LogP contribution in [0.3, 0.4) is 0 Å². The number of benzene rings is 2. The molecule has 25 heavy (non-hydrogen) atoms. The largest absolute Gasteiger partial charge is 0.449 e. The van der Waals surface area contributed by atoms with Crippen LogP contribution in [0, 0.1) is 6.92 Å². The molecule has 132 valence electrons. The number of amides is 2. The highest BCUT2D eigenvalue weighted by molar-refractivity contribution is 7.90. The number of aryl methyl sites for hydroxylation is 1. The molecule has 0 bridgehead atoms. The van der Waals surface area contributed by atoms with Gasteiger partial charge in [0.1, 0.15) is 0 Å². The molecule has 1 aliphatic heterocycles. The molecule has 0 saturated carbocycles. The standard InChI is InChI=1S/C17H18N2O5S/c1-11-4-6-12(7-5-11)18-16(20)19-25(21,22)13-8-9-14-15(10-13)24-17(2,3)23-14/h4-10H,1-3H3,(H2,18,19,20). The van der Waals surface area contributed by atoms with Crippen molar-refractivity contribution in [3.05, 3.63) is 48.0 Å². The van der Waals surface area contributed by atoms with Gasteiger partial charge < -0.3 is 14.8 Å². The number of nitrogens with one attached hydrogen (secondary N) is 2. The Balaban J connectivity index is 1.74. The third-order valence-corrected chi connectivity index (χ3v) is 4.80. The number of urea groups is 1. The van der Waals surface area contributed by atoms with Crippen LogP contribution >= 0.6 is 0 Å². The number of anilines is 1. The summed E-state index contributed by atoms with van der Waals surface area (Å²) in [5.74, 6) is -0.0964. The summed E-state index contributed by atoms with van der Waals surface area (Å²) in [6.45, 7) is 5.35. The van der Waals surface area contributed by atoms with E-state index < -0.39 is 21.8 Å². The summed E-state index contributed by atoms with van der Waals surface area (Å²) in [5.41, 5.74) is 1.52. The fourth-order valence-electron chi connectivity index (χ4n) is 2.34. The maximum atomic E-state index is 12.4. The molecule has 0 aliphatic carbocycles. The molecule has 2 N–H and O–H groups in total. The van der Waals surface area contributed by atoms with Crippen molar-refractivity contribution < 1.29 is 22.7 Å². The van der Waals surface area contributed by atoms with E-state index in [1.807, 2.05) is 23.8 Å². The second kappa shape index (κ2) is 5.96. The maximum Gasteiger partial charge on any atom is 0.333 e. The van der Waals surface area contributed by atoms with Crippen molar-refractivity contribution in [2.75, 3.05) is 5.32 Å². The molecule has 1 aliphatic rings. The SMILES string of the molecule is Cc1ccc(NC(=O)NS(=O)(=O)c2ccc3c(c2)OC(C)(C)O3)cc1. The van der Waals surface area contributed by atoms with E-state index in [0.29, 0.717) is 17.2 Å². The van der Waals surface area contributed by atoms with Crippen molar-refractivity contribution in [3.63, 3.8) is 0 Å². The van der Waals surface area contributed by atoms with E-state index >= 15 is 0 Å². The minimum absolute atomic E-state index is 0.0911. The van der Waals surface area contributed by atoms with Crippen LogP contribution in [0.5, 0.6) is 11.5 Å². The van der Waals surface area contributed by atoms with Crippen molar-refractivity contribution in [1.29, 1.82) is 0 Å². The lowest BCUT2D eigenvalue weighted by molar-refractivity contribution is -0.0432. The molecular weight excluding hydrogens is 344 g/mol. The maximum absolute atomic E-state index is 12.4. The lowest BCUT2D eigenvalue weighted by Crippen LogP contribution is -2.34. The summed E-state index contributed by atoms with van der Waals surface area (Å²) in [6.07, 6.45) is 0. The molecule has 0 radical (unpaired) electrons. The fourth-order valence-corrected chi connectivity index (χ4v) is 3.27. The second-order valence-corrected chi connectivity index (χ2v) is 7.82. The van der Waals surface area contributed by atoms with E-state index in [1.165, 1.54) is 18.2 Å². The summed E-state index contributed by atoms with van der Waals surface area (Å²) >= 11 is 0. The summed E-state index contributed by atoms with van der Waals surface area (Å²) in [6, 6.07) is 10.3. The van der Waals surface area contributed by atoms with E-state index in [0.717, 1.165) is 5.56 Å². The predicted molar refractivity (Wildman–Crippen MR) is 92.3 cm³/mol. The molecule has 0 spiro atoms. The van der Waals surface area contributed by atoms with Gasteiger partial charge in [-0.3, -0.25) is 0 Å². The third kappa shape index (κ3) is 3.85. The van der Waals surface area contributed by atoms with E-state index in [2.05, 4.69) is 5.32 Å². The molecule has 7 nitrogen and oxygen atoms in total. The van der Waals surface area contributed by atoms with Crippen LogP contribution in [-0.2, 0) is 10.0 Å². The topological polar surface area (TPSA) is 93.7 Å². The van der Waals surface area contributed by atoms with E-state index in [1.54, 1.807) is 26.0 Å². The Labute approximate surface area is 146 Å². The number of hydrogen-bond acceptors (Lipinski definition) is 5. The molecule has 2 amide bonds. The van der Waals surface area contributed by atoms with Crippen LogP contribution in [-0.4, -0.2) is 20.2 Å². The Hall–Kier alpha value is -2.74. The minimum Gasteiger partial charge on any atom is -0.449 e. The smallest absolute Gasteiger partial charge is 0.333 e. The van der Waals surface area contributed by atoms with Gasteiger partial charge in [0, 0.05) is 25.6 Å². The number of fused-ring (bicyclic) bond motifs is 1. The number of sulfonamides is 1. The van der Waals surface area contributed by atoms with Gasteiger partial charge in [-0.2, -0.15) is 0 Å². The van der Waals surface area contributed by atoms with Crippen LogP contribution in [0.4, 0.5) is 10.5 Å². The average molecular weight is 362 g/mol. The molecule has 2 aromatic rings. The Morgan fingerprint density at radius 1 is 1.00 bits per heavy atom. The number of hydrogen-bond donors (Lipinski definition) is 2. The molecule has 0 fully saturated rings. The zero-order valence-electron chi connectivity index (χ0n) is 14.0. The highest BCUT2D eigenvalue weighted by Gasteiger charge is 2.33. The monoisotopic (exact) mass is 362 g/mol. The van der Waals surface area contributed by atoms with Crippen LogP contribution in [0.25, 0.3) is 0 Å². The van der Waals surface area contributed by atoms with Gasteiger partial charge in [-0.15, -0.1) is 0 Å². The number of carbonyl (C=O) groups excluding carboxylic acids is 1. The average Bonchev–Trinajstić information content (AvgIpc) is 2.81. The molecule has 0 aromatic heterocycles. The first-order valence-corrected chi connectivity index (χ1v) is 9.05. The zero-order valence-corrected chi connectivity index (χ0v) is 14.8. The molecule has 8 heteroatoms. The first kappa shape index (κ1) is 17.1. The highest BCUT2D eigenvalue weighted by atomic mass is 32.2. The van der Waals surface area contributed by atoms with Crippen molar-refractivity contribution in [2.24, 2.45) is 0 Å². The van der Waals surface area contributed by atoms with E-state index in [4.69, 9.17) is 9.47 Å². The minimum atomic E-state index is -4.04. The van der Waals surface area contributed by atoms with Crippen LogP contribution in [0.15, 0.2) is 47.4 Å². The van der Waals surface area contributed by atoms with Crippen LogP contribution < -0.4 is 19.5 Å². The lowest BCUT2D eigenvalue weighted by Gasteiger charge is -2.16. The van der Waals surface area contributed by atoms with E-state index in [-0.39, 0.29) is 4.90 Å². The Morgan fingerprint density at radius 2 is 1.64 bits per heavy atom. The number of rotatable bonds is 3. The molecule has 3 rings (SSSR count). The first-order valence-electron chi connectivity index (χ1n) is 7.57. The lowest BCUT2D eigenvalue weighted by atomic mass is 10.2. The van der Waals surface area contributed by atoms with Gasteiger partial charge >= 0.3 is 6.03 Å². The third-order valence-electron chi connectivity index (χ3n) is 3.47. The number of ether oxygens (including phenoxy) is 2. The van der Waals surface area contributed by atoms with Gasteiger partial charge in [0.15, 0.2) is 11.5 Å². The summed E-state index contributed by atoms with van der Waals surface area (Å²) in [7, 11) is -4.04. The number of carbonyl (C=O) groups is 1. The van der Waals surface area contributed by atoms with Crippen molar-refractivity contribution >= 4 is 21.7 Å². The van der Waals surface area contributed by atoms with Gasteiger partial charge in [-0.1, -0.05) is 17.7 Å². The van der Waals surface area contributed by atoms with Gasteiger partial charge in [-0.05, 0) is 31.2 Å². The van der Waals surface area contributed by atoms with Crippen LogP contribution in [0.2, 0.25) is 0 Å². The molecule has 0 atom stereocenters. The summed E-state index contributed by atoms with van der Waals surface area (Å²) < 4.78 is 37.8. The van der Waals surface area contributed by atoms with Gasteiger partial charge in [0.05, 0.1) is 4.90 Å². The van der Waals surface area contributed by atoms with Crippen LogP contribution in [0.1, 0.15) is 19.4 Å². The molecule has 0 unspecified atom stereocenters. The highest BCUT2D eigenvalue weighted by Crippen LogP contribution is 2.40. The quantitative estimate of drug-likeness (QED) is 0.875. The normalized spacial score (nSPS) is 14.8. The molecule has 2 aromatic carbocycles. The van der Waals surface area contributed by atoms with Crippen molar-refractivity contribution in [2.45, 2.75) is 31.5 Å². The molecule has 0 saturated heterocycles. The van der Waals surface area contributed by atoms with Gasteiger partial charge in [0.2, 0.25) is 5.79 Å². The molecule has 1 heterocycles. The van der Waals surface area contributed by atoms with Crippen molar-refractivity contribution in [1.82, 2.24) is 4.72 Å². The summed E-state index contributed by atoms with van der Waals surface area (Å²) in [5, 5.41) is 2.48. The first-order chi connectivity index (χ1) is 11.6. The van der Waals surface area contributed by atoms with Gasteiger partial charge in [0.25, 0.3) is 10.0 Å². The second-order valence-electron chi connectivity index (χ2n) is 6.14. The summed E-state index contributed by atoms with van der Waals surface area (Å²) in [4.78, 5) is 11.9. The Bertz CT molecular complexity index is 921. The van der Waals surface area contributed by atoms with E-state index in [9.17, 15) is 13.2 Å². The zero-order chi connectivity index (χ0) is 18.2. The molecular formula is C17H18N2O5S. The Kier molecular flexibility index (Phi) is 4.08.